The predicted molar refractivity (Wildman–Crippen MR) is 44.5 cm³/mol. The van der Waals surface area contributed by atoms with Gasteiger partial charge < -0.3 is 10.5 Å². The molecule has 0 saturated carbocycles. The van der Waals surface area contributed by atoms with Crippen molar-refractivity contribution in [2.24, 2.45) is 10.7 Å². The summed E-state index contributed by atoms with van der Waals surface area (Å²) in [6.45, 7) is 0. The molecule has 1 aliphatic rings. The monoisotopic (exact) mass is 174 g/mol. The molecule has 0 aliphatic carbocycles. The number of rotatable bonds is 3. The summed E-state index contributed by atoms with van der Waals surface area (Å²) in [6.07, 6.45) is 2.23. The van der Waals surface area contributed by atoms with Crippen LogP contribution in [0.3, 0.4) is 0 Å². The van der Waals surface area contributed by atoms with E-state index in [4.69, 9.17) is 10.5 Å². The van der Waals surface area contributed by atoms with Crippen molar-refractivity contribution < 1.29 is 9.53 Å². The van der Waals surface area contributed by atoms with Crippen molar-refractivity contribution in [1.82, 2.24) is 0 Å². The summed E-state index contributed by atoms with van der Waals surface area (Å²) in [5, 5.41) is 0. The summed E-state index contributed by atoms with van der Waals surface area (Å²) in [7, 11) is 0. The minimum absolute atomic E-state index is 0.00102. The molecular formula is C6H10N2O2S. The van der Waals surface area contributed by atoms with Gasteiger partial charge in [-0.05, 0) is 12.0 Å². The minimum atomic E-state index is -0.428. The van der Waals surface area contributed by atoms with E-state index in [-0.39, 0.29) is 11.9 Å². The second-order valence-corrected chi connectivity index (χ2v) is 3.16. The molecule has 11 heavy (non-hydrogen) atoms. The van der Waals surface area contributed by atoms with Gasteiger partial charge in [0.05, 0.1) is 0 Å². The van der Waals surface area contributed by atoms with Crippen molar-refractivity contribution in [2.75, 3.05) is 12.0 Å². The lowest BCUT2D eigenvalue weighted by atomic mass is 10.3. The highest BCUT2D eigenvalue weighted by Gasteiger charge is 2.26. The van der Waals surface area contributed by atoms with Crippen LogP contribution in [0.1, 0.15) is 6.42 Å². The van der Waals surface area contributed by atoms with E-state index in [0.29, 0.717) is 6.42 Å². The van der Waals surface area contributed by atoms with Crippen molar-refractivity contribution in [1.29, 1.82) is 0 Å². The number of carbonyl (C=O) groups is 1. The number of hydrogen-bond donors (Lipinski definition) is 1. The van der Waals surface area contributed by atoms with Gasteiger partial charge in [-0.25, -0.2) is 0 Å². The van der Waals surface area contributed by atoms with E-state index < -0.39 is 6.10 Å². The molecule has 1 rings (SSSR count). The molecule has 4 nitrogen and oxygen atoms in total. The molecule has 0 bridgehead atoms. The second kappa shape index (κ2) is 3.61. The van der Waals surface area contributed by atoms with Gasteiger partial charge in [0.25, 0.3) is 11.9 Å². The fraction of sp³-hybridized carbons (Fsp3) is 0.667. The van der Waals surface area contributed by atoms with Crippen molar-refractivity contribution in [3.63, 3.8) is 0 Å². The third kappa shape index (κ3) is 2.11. The SMILES string of the molecule is CSCCC1OC(N)=NC1=O. The molecule has 62 valence electrons. The van der Waals surface area contributed by atoms with Crippen LogP contribution in [-0.2, 0) is 9.53 Å². The number of aliphatic imine (C=N–C) groups is 1. The molecule has 0 saturated heterocycles. The molecule has 0 aromatic rings. The van der Waals surface area contributed by atoms with E-state index in [9.17, 15) is 4.79 Å². The zero-order valence-corrected chi connectivity index (χ0v) is 7.06. The smallest absolute Gasteiger partial charge is 0.291 e. The highest BCUT2D eigenvalue weighted by molar-refractivity contribution is 7.98. The number of hydrogen-bond acceptors (Lipinski definition) is 4. The number of carbonyl (C=O) groups excluding carboxylic acids is 1. The number of nitrogens with two attached hydrogens (primary N) is 1. The molecule has 2 N–H and O–H groups in total. The first kappa shape index (κ1) is 8.39. The Morgan fingerprint density at radius 1 is 1.82 bits per heavy atom. The fourth-order valence-electron chi connectivity index (χ4n) is 0.810. The first-order valence-corrected chi connectivity index (χ1v) is 4.67. The van der Waals surface area contributed by atoms with Gasteiger partial charge in [-0.3, -0.25) is 4.79 Å². The quantitative estimate of drug-likeness (QED) is 0.653. The minimum Gasteiger partial charge on any atom is -0.452 e. The molecule has 1 aliphatic heterocycles. The van der Waals surface area contributed by atoms with Crippen LogP contribution in [0, 0.1) is 0 Å². The summed E-state index contributed by atoms with van der Waals surface area (Å²) in [4.78, 5) is 14.3. The Kier molecular flexibility index (Phi) is 2.76. The Morgan fingerprint density at radius 2 is 2.55 bits per heavy atom. The number of amidine groups is 1. The second-order valence-electron chi connectivity index (χ2n) is 2.18. The Balaban J connectivity index is 2.34. The van der Waals surface area contributed by atoms with E-state index in [2.05, 4.69) is 4.99 Å². The normalized spacial score (nSPS) is 23.2. The Labute approximate surface area is 69.2 Å². The topological polar surface area (TPSA) is 64.7 Å². The van der Waals surface area contributed by atoms with Crippen molar-refractivity contribution in [2.45, 2.75) is 12.5 Å². The van der Waals surface area contributed by atoms with Crippen LogP contribution in [0.4, 0.5) is 0 Å². The lowest BCUT2D eigenvalue weighted by Gasteiger charge is -2.05. The van der Waals surface area contributed by atoms with E-state index in [0.717, 1.165) is 5.75 Å². The molecule has 0 fully saturated rings. The molecular weight excluding hydrogens is 164 g/mol. The van der Waals surface area contributed by atoms with Gasteiger partial charge in [0, 0.05) is 6.42 Å². The largest absolute Gasteiger partial charge is 0.452 e. The van der Waals surface area contributed by atoms with E-state index in [1.54, 1.807) is 11.8 Å². The van der Waals surface area contributed by atoms with Crippen molar-refractivity contribution in [3.8, 4) is 0 Å². The maximum Gasteiger partial charge on any atom is 0.291 e. The van der Waals surface area contributed by atoms with Crippen LogP contribution < -0.4 is 5.73 Å². The molecule has 0 radical (unpaired) electrons. The maximum atomic E-state index is 10.9. The summed E-state index contributed by atoms with van der Waals surface area (Å²) in [6, 6.07) is 0.00102. The molecule has 1 atom stereocenters. The zero-order valence-electron chi connectivity index (χ0n) is 6.24. The highest BCUT2D eigenvalue weighted by atomic mass is 32.2. The highest BCUT2D eigenvalue weighted by Crippen LogP contribution is 2.10. The Morgan fingerprint density at radius 3 is 3.00 bits per heavy atom. The average Bonchev–Trinajstić information content (AvgIpc) is 2.26. The van der Waals surface area contributed by atoms with Crippen LogP contribution in [0.15, 0.2) is 4.99 Å². The first-order chi connectivity index (χ1) is 5.24. The fourth-order valence-corrected chi connectivity index (χ4v) is 1.26. The molecule has 0 aromatic heterocycles. The van der Waals surface area contributed by atoms with Crippen molar-refractivity contribution >= 4 is 23.7 Å². The molecule has 5 heteroatoms. The van der Waals surface area contributed by atoms with Gasteiger partial charge in [0.15, 0.2) is 6.10 Å². The van der Waals surface area contributed by atoms with Gasteiger partial charge in [-0.15, -0.1) is 0 Å². The van der Waals surface area contributed by atoms with Crippen LogP contribution in [0.2, 0.25) is 0 Å². The van der Waals surface area contributed by atoms with E-state index in [1.165, 1.54) is 0 Å². The molecule has 1 heterocycles. The van der Waals surface area contributed by atoms with E-state index in [1.807, 2.05) is 6.26 Å². The summed E-state index contributed by atoms with van der Waals surface area (Å²) >= 11 is 1.67. The lowest BCUT2D eigenvalue weighted by molar-refractivity contribution is -0.122. The third-order valence-electron chi connectivity index (χ3n) is 1.34. The summed E-state index contributed by atoms with van der Waals surface area (Å²) < 4.78 is 4.94. The van der Waals surface area contributed by atoms with Crippen LogP contribution >= 0.6 is 11.8 Å². The Bertz CT molecular complexity index is 193. The predicted octanol–water partition coefficient (Wildman–Crippen LogP) is -0.0204. The average molecular weight is 174 g/mol. The number of ether oxygens (including phenoxy) is 1. The van der Waals surface area contributed by atoms with Crippen LogP contribution in [0.25, 0.3) is 0 Å². The Hall–Kier alpha value is -0.710. The molecule has 1 amide bonds. The first-order valence-electron chi connectivity index (χ1n) is 3.27. The van der Waals surface area contributed by atoms with Gasteiger partial charge in [0.2, 0.25) is 0 Å². The molecule has 0 aromatic carbocycles. The number of amides is 1. The maximum absolute atomic E-state index is 10.9. The molecule has 0 spiro atoms. The van der Waals surface area contributed by atoms with Gasteiger partial charge in [0.1, 0.15) is 0 Å². The number of thioether (sulfide) groups is 1. The standard InChI is InChI=1S/C6H10N2O2S/c1-11-3-2-4-5(9)8-6(7)10-4/h4H,2-3H2,1H3,(H2,7,8,9). The lowest BCUT2D eigenvalue weighted by Crippen LogP contribution is -2.21. The zero-order chi connectivity index (χ0) is 8.27. The van der Waals surface area contributed by atoms with E-state index >= 15 is 0 Å². The van der Waals surface area contributed by atoms with Gasteiger partial charge in [-0.1, -0.05) is 0 Å². The van der Waals surface area contributed by atoms with Crippen LogP contribution in [-0.4, -0.2) is 30.0 Å². The van der Waals surface area contributed by atoms with Crippen LogP contribution in [0.5, 0.6) is 0 Å². The van der Waals surface area contributed by atoms with Crippen molar-refractivity contribution in [3.05, 3.63) is 0 Å². The van der Waals surface area contributed by atoms with Gasteiger partial charge >= 0.3 is 0 Å². The number of nitrogens with zero attached hydrogens (tertiary/aromatic N) is 1. The molecule has 1 unspecified atom stereocenters. The third-order valence-corrected chi connectivity index (χ3v) is 1.99. The summed E-state index contributed by atoms with van der Waals surface area (Å²) in [5.41, 5.74) is 5.19. The summed E-state index contributed by atoms with van der Waals surface area (Å²) in [5.74, 6) is 0.635. The van der Waals surface area contributed by atoms with Gasteiger partial charge in [-0.2, -0.15) is 16.8 Å².